The van der Waals surface area contributed by atoms with Gasteiger partial charge in [-0.3, -0.25) is 9.78 Å². The summed E-state index contributed by atoms with van der Waals surface area (Å²) in [5.41, 5.74) is 4.82. The van der Waals surface area contributed by atoms with Crippen LogP contribution in [0.25, 0.3) is 22.5 Å². The molecule has 0 aliphatic carbocycles. The number of esters is 1. The van der Waals surface area contributed by atoms with Crippen molar-refractivity contribution in [3.63, 3.8) is 0 Å². The number of cyclic esters (lactones) is 1. The molecule has 5 nitrogen and oxygen atoms in total. The molecule has 1 N–H and O–H groups in total. The van der Waals surface area contributed by atoms with Crippen molar-refractivity contribution >= 4 is 5.97 Å². The van der Waals surface area contributed by atoms with Crippen molar-refractivity contribution in [2.75, 3.05) is 0 Å². The highest BCUT2D eigenvalue weighted by Gasteiger charge is 2.28. The Labute approximate surface area is 181 Å². The first-order valence-electron chi connectivity index (χ1n) is 10.7. The number of halogens is 1. The number of hydrogen-bond donors (Lipinski definition) is 1. The van der Waals surface area contributed by atoms with E-state index in [-0.39, 0.29) is 30.2 Å². The van der Waals surface area contributed by atoms with Crippen molar-refractivity contribution < 1.29 is 19.0 Å². The van der Waals surface area contributed by atoms with Gasteiger partial charge in [-0.2, -0.15) is 0 Å². The molecule has 1 fully saturated rings. The molecule has 0 unspecified atom stereocenters. The summed E-state index contributed by atoms with van der Waals surface area (Å²) in [6.45, 7) is 4.87. The number of nitrogens with zero attached hydrogens (tertiary/aromatic N) is 2. The number of aromatic nitrogens is 2. The number of aliphatic hydroxyl groups excluding tert-OH is 1. The van der Waals surface area contributed by atoms with E-state index in [0.717, 1.165) is 28.2 Å². The second-order valence-corrected chi connectivity index (χ2v) is 8.35. The van der Waals surface area contributed by atoms with Crippen LogP contribution >= 0.6 is 0 Å². The van der Waals surface area contributed by atoms with Crippen LogP contribution in [0.1, 0.15) is 44.7 Å². The van der Waals surface area contributed by atoms with Gasteiger partial charge in [0.1, 0.15) is 11.9 Å². The fourth-order valence-electron chi connectivity index (χ4n) is 4.24. The van der Waals surface area contributed by atoms with Gasteiger partial charge in [0.2, 0.25) is 0 Å². The first kappa shape index (κ1) is 21.2. The average molecular weight is 423 g/mol. The Bertz CT molecular complexity index is 1040. The predicted octanol–water partition coefficient (Wildman–Crippen LogP) is 4.94. The molecule has 31 heavy (non-hydrogen) atoms. The van der Waals surface area contributed by atoms with Crippen molar-refractivity contribution in [3.05, 3.63) is 66.2 Å². The van der Waals surface area contributed by atoms with E-state index in [4.69, 9.17) is 4.74 Å². The molecule has 0 radical (unpaired) electrons. The molecule has 2 atom stereocenters. The topological polar surface area (TPSA) is 64.3 Å². The van der Waals surface area contributed by atoms with Crippen LogP contribution in [-0.2, 0) is 16.1 Å². The summed E-state index contributed by atoms with van der Waals surface area (Å²) in [6, 6.07) is 14.4. The van der Waals surface area contributed by atoms with Crippen LogP contribution in [0.3, 0.4) is 0 Å². The van der Waals surface area contributed by atoms with Gasteiger partial charge in [0.15, 0.2) is 0 Å². The smallest absolute Gasteiger partial charge is 0.308 e. The molecule has 0 amide bonds. The summed E-state index contributed by atoms with van der Waals surface area (Å²) in [7, 11) is 0. The van der Waals surface area contributed by atoms with Gasteiger partial charge >= 0.3 is 5.97 Å². The van der Waals surface area contributed by atoms with E-state index >= 15 is 0 Å². The molecule has 1 aromatic carbocycles. The zero-order valence-corrected chi connectivity index (χ0v) is 17.8. The number of carbonyl (C=O) groups excluding carboxylic acids is 1. The summed E-state index contributed by atoms with van der Waals surface area (Å²) in [5.74, 6) is -0.391. The van der Waals surface area contributed by atoms with Gasteiger partial charge < -0.3 is 14.4 Å². The van der Waals surface area contributed by atoms with Crippen LogP contribution in [-0.4, -0.2) is 32.8 Å². The molecular formula is C25H27FN2O3. The number of carbonyl (C=O) groups is 1. The second-order valence-electron chi connectivity index (χ2n) is 8.35. The summed E-state index contributed by atoms with van der Waals surface area (Å²) >= 11 is 0. The lowest BCUT2D eigenvalue weighted by Gasteiger charge is -2.27. The SMILES string of the molecule is CC(C)c1cc(-c2ccccn2)c(-c2ccc(F)cc2)n1CC[C@@H]1C[C@@H](O)CC(=O)O1. The minimum Gasteiger partial charge on any atom is -0.462 e. The summed E-state index contributed by atoms with van der Waals surface area (Å²) < 4.78 is 21.3. The number of rotatable bonds is 6. The Kier molecular flexibility index (Phi) is 6.18. The van der Waals surface area contributed by atoms with Gasteiger partial charge in [0, 0.05) is 36.8 Å². The fourth-order valence-corrected chi connectivity index (χ4v) is 4.24. The maximum atomic E-state index is 13.6. The Hall–Kier alpha value is -2.99. The van der Waals surface area contributed by atoms with E-state index < -0.39 is 6.10 Å². The molecular weight excluding hydrogens is 395 g/mol. The molecule has 1 aliphatic heterocycles. The Morgan fingerprint density at radius 3 is 2.65 bits per heavy atom. The van der Waals surface area contributed by atoms with E-state index in [1.54, 1.807) is 18.3 Å². The maximum absolute atomic E-state index is 13.6. The number of pyridine rings is 1. The lowest BCUT2D eigenvalue weighted by molar-refractivity contribution is -0.160. The third-order valence-electron chi connectivity index (χ3n) is 5.69. The van der Waals surface area contributed by atoms with Crippen LogP contribution in [0.15, 0.2) is 54.7 Å². The normalized spacial score (nSPS) is 18.9. The zero-order valence-electron chi connectivity index (χ0n) is 17.8. The van der Waals surface area contributed by atoms with Gasteiger partial charge in [0.05, 0.1) is 23.9 Å². The monoisotopic (exact) mass is 422 g/mol. The summed E-state index contributed by atoms with van der Waals surface area (Å²) in [6.07, 6.45) is 1.89. The Morgan fingerprint density at radius 2 is 2.00 bits per heavy atom. The molecule has 0 bridgehead atoms. The largest absolute Gasteiger partial charge is 0.462 e. The standard InChI is InChI=1S/C25H27FN2O3/c1-16(2)23-15-21(22-5-3-4-11-27-22)25(17-6-8-18(26)9-7-17)28(23)12-10-20-13-19(29)14-24(30)31-20/h3-9,11,15-16,19-20,29H,10,12-14H2,1-2H3/t19-,20-/m1/s1. The van der Waals surface area contributed by atoms with Gasteiger partial charge in [-0.05, 0) is 53.9 Å². The minimum absolute atomic E-state index is 0.0575. The first-order chi connectivity index (χ1) is 14.9. The molecule has 162 valence electrons. The van der Waals surface area contributed by atoms with Crippen LogP contribution in [0.2, 0.25) is 0 Å². The fraction of sp³-hybridized carbons (Fsp3) is 0.360. The number of ether oxygens (including phenoxy) is 1. The van der Waals surface area contributed by atoms with Crippen LogP contribution in [0.4, 0.5) is 4.39 Å². The molecule has 2 aromatic heterocycles. The van der Waals surface area contributed by atoms with Gasteiger partial charge in [-0.1, -0.05) is 19.9 Å². The number of hydrogen-bond acceptors (Lipinski definition) is 4. The van der Waals surface area contributed by atoms with E-state index in [9.17, 15) is 14.3 Å². The van der Waals surface area contributed by atoms with Gasteiger partial charge in [-0.15, -0.1) is 0 Å². The average Bonchev–Trinajstić information content (AvgIpc) is 3.12. The lowest BCUT2D eigenvalue weighted by Crippen LogP contribution is -2.33. The van der Waals surface area contributed by atoms with Crippen molar-refractivity contribution in [1.82, 2.24) is 9.55 Å². The van der Waals surface area contributed by atoms with Crippen molar-refractivity contribution in [3.8, 4) is 22.5 Å². The van der Waals surface area contributed by atoms with Crippen molar-refractivity contribution in [2.24, 2.45) is 0 Å². The molecule has 4 rings (SSSR count). The third-order valence-corrected chi connectivity index (χ3v) is 5.69. The molecule has 1 aliphatic rings. The van der Waals surface area contributed by atoms with Gasteiger partial charge in [-0.25, -0.2) is 4.39 Å². The zero-order chi connectivity index (χ0) is 22.0. The van der Waals surface area contributed by atoms with E-state index in [2.05, 4.69) is 29.5 Å². The Balaban J connectivity index is 1.77. The van der Waals surface area contributed by atoms with Crippen LogP contribution < -0.4 is 0 Å². The second kappa shape index (κ2) is 9.02. The molecule has 1 saturated heterocycles. The first-order valence-corrected chi connectivity index (χ1v) is 10.7. The summed E-state index contributed by atoms with van der Waals surface area (Å²) in [4.78, 5) is 16.3. The highest BCUT2D eigenvalue weighted by molar-refractivity contribution is 5.81. The molecule has 6 heteroatoms. The Morgan fingerprint density at radius 1 is 1.23 bits per heavy atom. The number of benzene rings is 1. The van der Waals surface area contributed by atoms with Crippen molar-refractivity contribution in [2.45, 2.75) is 57.8 Å². The highest BCUT2D eigenvalue weighted by atomic mass is 19.1. The lowest BCUT2D eigenvalue weighted by atomic mass is 10.0. The maximum Gasteiger partial charge on any atom is 0.308 e. The molecule has 3 heterocycles. The molecule has 0 spiro atoms. The minimum atomic E-state index is -0.652. The summed E-state index contributed by atoms with van der Waals surface area (Å²) in [5, 5.41) is 9.95. The van der Waals surface area contributed by atoms with E-state index in [0.29, 0.717) is 19.4 Å². The highest BCUT2D eigenvalue weighted by Crippen LogP contribution is 2.37. The van der Waals surface area contributed by atoms with Gasteiger partial charge in [0.25, 0.3) is 0 Å². The van der Waals surface area contributed by atoms with Crippen LogP contribution in [0, 0.1) is 5.82 Å². The third kappa shape index (κ3) is 4.69. The van der Waals surface area contributed by atoms with Crippen molar-refractivity contribution in [1.29, 1.82) is 0 Å². The van der Waals surface area contributed by atoms with E-state index in [1.165, 1.54) is 12.1 Å². The molecule has 0 saturated carbocycles. The van der Waals surface area contributed by atoms with Crippen LogP contribution in [0.5, 0.6) is 0 Å². The van der Waals surface area contributed by atoms with E-state index in [1.807, 2.05) is 18.2 Å². The number of aliphatic hydroxyl groups is 1. The predicted molar refractivity (Wildman–Crippen MR) is 117 cm³/mol. The molecule has 3 aromatic rings. The quantitative estimate of drug-likeness (QED) is 0.572.